The van der Waals surface area contributed by atoms with Crippen LogP contribution in [0.3, 0.4) is 0 Å². The molecule has 2 aromatic rings. The summed E-state index contributed by atoms with van der Waals surface area (Å²) in [5.41, 5.74) is 3.18. The number of anilines is 1. The van der Waals surface area contributed by atoms with Gasteiger partial charge in [0, 0.05) is 38.5 Å². The molecule has 2 aliphatic heterocycles. The molecule has 0 saturated carbocycles. The maximum absolute atomic E-state index is 12.5. The van der Waals surface area contributed by atoms with E-state index in [9.17, 15) is 4.79 Å². The monoisotopic (exact) mass is 380 g/mol. The van der Waals surface area contributed by atoms with Crippen LogP contribution in [0.4, 0.5) is 5.82 Å². The molecule has 0 unspecified atom stereocenters. The van der Waals surface area contributed by atoms with Gasteiger partial charge in [0.15, 0.2) is 0 Å². The van der Waals surface area contributed by atoms with Crippen LogP contribution in [-0.4, -0.2) is 54.2 Å². The van der Waals surface area contributed by atoms with E-state index in [1.54, 1.807) is 18.2 Å². The Morgan fingerprint density at radius 1 is 1.04 bits per heavy atom. The van der Waals surface area contributed by atoms with Gasteiger partial charge < -0.3 is 9.47 Å². The number of fused-ring (bicyclic) bond motifs is 1. The Hall–Kier alpha value is -2.77. The largest absolute Gasteiger partial charge is 0.461 e. The number of carbonyl (C=O) groups excluding carboxylic acids is 1. The molecule has 146 valence electrons. The zero-order valence-corrected chi connectivity index (χ0v) is 16.0. The van der Waals surface area contributed by atoms with Crippen LogP contribution in [0.25, 0.3) is 0 Å². The third kappa shape index (κ3) is 4.21. The summed E-state index contributed by atoms with van der Waals surface area (Å²) in [6.45, 7) is 4.28. The molecule has 1 amide bonds. The van der Waals surface area contributed by atoms with E-state index in [1.165, 1.54) is 5.56 Å². The van der Waals surface area contributed by atoms with Gasteiger partial charge in [-0.25, -0.2) is 4.98 Å². The van der Waals surface area contributed by atoms with E-state index < -0.39 is 0 Å². The zero-order valence-electron chi connectivity index (χ0n) is 16.0. The lowest BCUT2D eigenvalue weighted by atomic mass is 10.1. The van der Waals surface area contributed by atoms with E-state index in [2.05, 4.69) is 51.3 Å². The SMILES string of the molecule is COCCOc1ncc2c(n1)N(Cc1ccc(CN3CC=CC3)cc1)C(=O)C2. The van der Waals surface area contributed by atoms with Crippen molar-refractivity contribution in [2.75, 3.05) is 38.3 Å². The Kier molecular flexibility index (Phi) is 5.64. The van der Waals surface area contributed by atoms with Crippen molar-refractivity contribution in [2.24, 2.45) is 0 Å². The van der Waals surface area contributed by atoms with Gasteiger partial charge in [0.05, 0.1) is 19.6 Å². The highest BCUT2D eigenvalue weighted by atomic mass is 16.5. The maximum atomic E-state index is 12.5. The first kappa shape index (κ1) is 18.6. The molecular weight excluding hydrogens is 356 g/mol. The molecule has 2 aliphatic rings. The predicted octanol–water partition coefficient (Wildman–Crippen LogP) is 1.96. The van der Waals surface area contributed by atoms with Crippen molar-refractivity contribution in [3.8, 4) is 6.01 Å². The van der Waals surface area contributed by atoms with Crippen LogP contribution in [0, 0.1) is 0 Å². The average molecular weight is 380 g/mol. The fourth-order valence-corrected chi connectivity index (χ4v) is 3.41. The van der Waals surface area contributed by atoms with Crippen LogP contribution in [0.1, 0.15) is 16.7 Å². The molecule has 0 spiro atoms. The fraction of sp³-hybridized carbons (Fsp3) is 0.381. The molecule has 0 saturated heterocycles. The van der Waals surface area contributed by atoms with Gasteiger partial charge in [-0.2, -0.15) is 4.98 Å². The van der Waals surface area contributed by atoms with Crippen molar-refractivity contribution in [3.05, 3.63) is 59.3 Å². The average Bonchev–Trinajstić information content (AvgIpc) is 3.32. The van der Waals surface area contributed by atoms with E-state index in [0.29, 0.717) is 32.0 Å². The van der Waals surface area contributed by atoms with Crippen LogP contribution in [0.2, 0.25) is 0 Å². The summed E-state index contributed by atoms with van der Waals surface area (Å²) in [5.74, 6) is 0.671. The molecule has 7 nitrogen and oxygen atoms in total. The van der Waals surface area contributed by atoms with Crippen LogP contribution in [-0.2, 0) is 29.0 Å². The lowest BCUT2D eigenvalue weighted by molar-refractivity contribution is -0.117. The number of amides is 1. The number of ether oxygens (including phenoxy) is 2. The first-order valence-corrected chi connectivity index (χ1v) is 9.46. The minimum atomic E-state index is 0.0329. The standard InChI is InChI=1S/C21H24N4O3/c1-27-10-11-28-21-22-13-18-12-19(26)25(20(18)23-21)15-17-6-4-16(5-7-17)14-24-8-2-3-9-24/h2-7,13H,8-12,14-15H2,1H3. The molecule has 0 aliphatic carbocycles. The Balaban J connectivity index is 1.43. The lowest BCUT2D eigenvalue weighted by Gasteiger charge is -2.18. The number of rotatable bonds is 8. The van der Waals surface area contributed by atoms with Gasteiger partial charge in [0.25, 0.3) is 0 Å². The normalized spacial score (nSPS) is 16.0. The number of carbonyl (C=O) groups is 1. The number of methoxy groups -OCH3 is 1. The second-order valence-corrected chi connectivity index (χ2v) is 6.98. The van der Waals surface area contributed by atoms with Gasteiger partial charge in [-0.3, -0.25) is 14.6 Å². The van der Waals surface area contributed by atoms with Crippen LogP contribution in [0.5, 0.6) is 6.01 Å². The molecule has 7 heteroatoms. The summed E-state index contributed by atoms with van der Waals surface area (Å²) < 4.78 is 10.5. The number of hydrogen-bond acceptors (Lipinski definition) is 6. The summed E-state index contributed by atoms with van der Waals surface area (Å²) in [4.78, 5) is 25.2. The topological polar surface area (TPSA) is 67.8 Å². The van der Waals surface area contributed by atoms with Crippen molar-refractivity contribution >= 4 is 11.7 Å². The summed E-state index contributed by atoms with van der Waals surface area (Å²) >= 11 is 0. The molecule has 3 heterocycles. The molecular formula is C21H24N4O3. The first-order valence-electron chi connectivity index (χ1n) is 9.46. The molecule has 0 bridgehead atoms. The Morgan fingerprint density at radius 2 is 1.75 bits per heavy atom. The van der Waals surface area contributed by atoms with Gasteiger partial charge in [-0.05, 0) is 11.1 Å². The number of benzene rings is 1. The Morgan fingerprint density at radius 3 is 2.46 bits per heavy atom. The molecule has 0 N–H and O–H groups in total. The summed E-state index contributed by atoms with van der Waals surface area (Å²) in [7, 11) is 1.61. The van der Waals surface area contributed by atoms with Crippen molar-refractivity contribution in [1.29, 1.82) is 0 Å². The zero-order chi connectivity index (χ0) is 19.3. The third-order valence-corrected chi connectivity index (χ3v) is 4.90. The van der Waals surface area contributed by atoms with E-state index in [-0.39, 0.29) is 11.9 Å². The summed E-state index contributed by atoms with van der Waals surface area (Å²) in [6, 6.07) is 8.70. The van der Waals surface area contributed by atoms with Gasteiger partial charge in [-0.15, -0.1) is 0 Å². The highest BCUT2D eigenvalue weighted by molar-refractivity contribution is 6.00. The summed E-state index contributed by atoms with van der Waals surface area (Å²) in [5, 5.41) is 0. The second kappa shape index (κ2) is 8.50. The summed E-state index contributed by atoms with van der Waals surface area (Å²) in [6.07, 6.45) is 6.39. The third-order valence-electron chi connectivity index (χ3n) is 4.90. The van der Waals surface area contributed by atoms with Crippen molar-refractivity contribution < 1.29 is 14.3 Å². The van der Waals surface area contributed by atoms with Crippen LogP contribution < -0.4 is 9.64 Å². The van der Waals surface area contributed by atoms with Crippen LogP contribution >= 0.6 is 0 Å². The second-order valence-electron chi connectivity index (χ2n) is 6.98. The molecule has 1 aromatic heterocycles. The van der Waals surface area contributed by atoms with E-state index in [1.807, 2.05) is 0 Å². The van der Waals surface area contributed by atoms with Gasteiger partial charge >= 0.3 is 6.01 Å². The van der Waals surface area contributed by atoms with Gasteiger partial charge in [0.1, 0.15) is 12.4 Å². The minimum Gasteiger partial charge on any atom is -0.461 e. The number of hydrogen-bond donors (Lipinski definition) is 0. The Bertz CT molecular complexity index is 858. The number of aromatic nitrogens is 2. The molecule has 0 radical (unpaired) electrons. The van der Waals surface area contributed by atoms with Gasteiger partial charge in [-0.1, -0.05) is 36.4 Å². The van der Waals surface area contributed by atoms with E-state index in [0.717, 1.165) is 30.8 Å². The predicted molar refractivity (Wildman–Crippen MR) is 105 cm³/mol. The Labute approximate surface area is 164 Å². The van der Waals surface area contributed by atoms with Crippen LogP contribution in [0.15, 0.2) is 42.6 Å². The molecule has 1 aromatic carbocycles. The highest BCUT2D eigenvalue weighted by Gasteiger charge is 2.30. The van der Waals surface area contributed by atoms with Crippen molar-refractivity contribution in [2.45, 2.75) is 19.5 Å². The molecule has 28 heavy (non-hydrogen) atoms. The number of nitrogens with zero attached hydrogens (tertiary/aromatic N) is 4. The molecule has 0 fully saturated rings. The smallest absolute Gasteiger partial charge is 0.318 e. The molecule has 0 atom stereocenters. The van der Waals surface area contributed by atoms with Crippen molar-refractivity contribution in [3.63, 3.8) is 0 Å². The highest BCUT2D eigenvalue weighted by Crippen LogP contribution is 2.29. The van der Waals surface area contributed by atoms with E-state index >= 15 is 0 Å². The maximum Gasteiger partial charge on any atom is 0.318 e. The minimum absolute atomic E-state index is 0.0329. The first-order chi connectivity index (χ1) is 13.7. The lowest BCUT2D eigenvalue weighted by Crippen LogP contribution is -2.26. The quantitative estimate of drug-likeness (QED) is 0.515. The fourth-order valence-electron chi connectivity index (χ4n) is 3.41. The van der Waals surface area contributed by atoms with E-state index in [4.69, 9.17) is 9.47 Å². The van der Waals surface area contributed by atoms with Crippen molar-refractivity contribution in [1.82, 2.24) is 14.9 Å². The van der Waals surface area contributed by atoms with Gasteiger partial charge in [0.2, 0.25) is 5.91 Å². The molecule has 4 rings (SSSR count).